The predicted octanol–water partition coefficient (Wildman–Crippen LogP) is 2.83. The van der Waals surface area contributed by atoms with E-state index in [1.54, 1.807) is 4.68 Å². The van der Waals surface area contributed by atoms with Gasteiger partial charge in [0.1, 0.15) is 0 Å². The Morgan fingerprint density at radius 1 is 1.17 bits per heavy atom. The van der Waals surface area contributed by atoms with Crippen LogP contribution in [0.5, 0.6) is 0 Å². The van der Waals surface area contributed by atoms with Crippen molar-refractivity contribution in [2.24, 2.45) is 0 Å². The van der Waals surface area contributed by atoms with Crippen molar-refractivity contribution in [3.63, 3.8) is 0 Å². The van der Waals surface area contributed by atoms with E-state index in [-0.39, 0.29) is 0 Å². The van der Waals surface area contributed by atoms with Crippen molar-refractivity contribution < 1.29 is 13.2 Å². The molecule has 0 radical (unpaired) electrons. The molecule has 0 amide bonds. The number of pyridine rings is 1. The van der Waals surface area contributed by atoms with Crippen LogP contribution >= 0.6 is 11.8 Å². The average Bonchev–Trinajstić information content (AvgIpc) is 3.16. The first kappa shape index (κ1) is 16.7. The van der Waals surface area contributed by atoms with Gasteiger partial charge in [0, 0.05) is 12.7 Å². The Kier molecular flexibility index (Phi) is 4.69. The van der Waals surface area contributed by atoms with E-state index in [0.29, 0.717) is 28.9 Å². The number of rotatable bonds is 6. The van der Waals surface area contributed by atoms with Gasteiger partial charge in [-0.05, 0) is 29.0 Å². The number of fused-ring (bicyclic) bond motifs is 1. The fourth-order valence-corrected chi connectivity index (χ4v) is 2.92. The van der Waals surface area contributed by atoms with E-state index in [1.165, 1.54) is 22.2 Å². The lowest BCUT2D eigenvalue weighted by Gasteiger charge is -2.07. The van der Waals surface area contributed by atoms with E-state index in [4.69, 9.17) is 0 Å². The summed E-state index contributed by atoms with van der Waals surface area (Å²) in [5.41, 5.74) is -0.388. The number of halogens is 3. The van der Waals surface area contributed by atoms with E-state index in [1.807, 2.05) is 0 Å². The minimum atomic E-state index is -4.41. The number of aryl methyl sites for hydroxylation is 1. The largest absolute Gasteiger partial charge is 0.417 e. The van der Waals surface area contributed by atoms with Crippen molar-refractivity contribution in [1.82, 2.24) is 34.8 Å². The van der Waals surface area contributed by atoms with Gasteiger partial charge < -0.3 is 0 Å². The molecule has 0 spiro atoms. The molecule has 0 aromatic carbocycles. The SMILES string of the molecule is CCCCn1nnnc1CSc1nnc2ccc(C(F)(F)F)cn12. The molecule has 0 atom stereocenters. The Hall–Kier alpha value is -2.17. The molecular weight excluding hydrogens is 343 g/mol. The second-order valence-corrected chi connectivity index (χ2v) is 6.03. The van der Waals surface area contributed by atoms with Crippen LogP contribution < -0.4 is 0 Å². The van der Waals surface area contributed by atoms with Crippen LogP contribution in [0, 0.1) is 0 Å². The van der Waals surface area contributed by atoms with Gasteiger partial charge >= 0.3 is 6.18 Å². The quantitative estimate of drug-likeness (QED) is 0.632. The lowest BCUT2D eigenvalue weighted by Crippen LogP contribution is -2.07. The molecule has 3 aromatic heterocycles. The highest BCUT2D eigenvalue weighted by molar-refractivity contribution is 7.98. The van der Waals surface area contributed by atoms with E-state index in [2.05, 4.69) is 32.6 Å². The Morgan fingerprint density at radius 3 is 2.75 bits per heavy atom. The first-order chi connectivity index (χ1) is 11.5. The Morgan fingerprint density at radius 2 is 2.00 bits per heavy atom. The third-order valence-electron chi connectivity index (χ3n) is 3.36. The van der Waals surface area contributed by atoms with Gasteiger partial charge in [-0.25, -0.2) is 4.68 Å². The molecule has 0 bridgehead atoms. The fraction of sp³-hybridized carbons (Fsp3) is 0.462. The number of nitrogens with zero attached hydrogens (tertiary/aromatic N) is 7. The molecule has 11 heteroatoms. The summed E-state index contributed by atoms with van der Waals surface area (Å²) in [6, 6.07) is 2.29. The molecule has 0 saturated heterocycles. The monoisotopic (exact) mass is 357 g/mol. The second-order valence-electron chi connectivity index (χ2n) is 5.09. The first-order valence-electron chi connectivity index (χ1n) is 7.29. The highest BCUT2D eigenvalue weighted by Gasteiger charge is 2.31. The average molecular weight is 357 g/mol. The molecule has 0 aliphatic heterocycles. The molecule has 0 saturated carbocycles. The smallest absolute Gasteiger partial charge is 0.277 e. The van der Waals surface area contributed by atoms with Gasteiger partial charge in [0.2, 0.25) is 0 Å². The summed E-state index contributed by atoms with van der Waals surface area (Å²) in [6.07, 6.45) is -1.45. The summed E-state index contributed by atoms with van der Waals surface area (Å²) in [5.74, 6) is 1.05. The normalized spacial score (nSPS) is 12.2. The zero-order chi connectivity index (χ0) is 17.2. The number of alkyl halides is 3. The summed E-state index contributed by atoms with van der Waals surface area (Å²) in [4.78, 5) is 0. The van der Waals surface area contributed by atoms with Crippen molar-refractivity contribution in [3.05, 3.63) is 29.7 Å². The minimum absolute atomic E-state index is 0.357. The number of hydrogen-bond donors (Lipinski definition) is 0. The van der Waals surface area contributed by atoms with Gasteiger partial charge in [-0.2, -0.15) is 13.2 Å². The topological polar surface area (TPSA) is 73.8 Å². The van der Waals surface area contributed by atoms with Crippen LogP contribution in [0.1, 0.15) is 31.2 Å². The third kappa shape index (κ3) is 3.50. The van der Waals surface area contributed by atoms with Crippen molar-refractivity contribution in [2.75, 3.05) is 0 Å². The molecular formula is C13H14F3N7S. The summed E-state index contributed by atoms with van der Waals surface area (Å²) in [5, 5.41) is 19.7. The molecule has 0 aliphatic rings. The van der Waals surface area contributed by atoms with Gasteiger partial charge in [-0.1, -0.05) is 25.1 Å². The molecule has 3 rings (SSSR count). The third-order valence-corrected chi connectivity index (χ3v) is 4.30. The molecule has 0 fully saturated rings. The molecule has 0 aliphatic carbocycles. The number of unbranched alkanes of at least 4 members (excludes halogenated alkanes) is 1. The highest BCUT2D eigenvalue weighted by atomic mass is 32.2. The number of hydrogen-bond acceptors (Lipinski definition) is 6. The number of aromatic nitrogens is 7. The maximum Gasteiger partial charge on any atom is 0.417 e. The van der Waals surface area contributed by atoms with E-state index in [0.717, 1.165) is 25.1 Å². The van der Waals surface area contributed by atoms with Crippen molar-refractivity contribution in [1.29, 1.82) is 0 Å². The summed E-state index contributed by atoms with van der Waals surface area (Å²) >= 11 is 1.24. The molecule has 7 nitrogen and oxygen atoms in total. The van der Waals surface area contributed by atoms with Gasteiger partial charge in [-0.3, -0.25) is 4.40 Å². The van der Waals surface area contributed by atoms with Crippen LogP contribution in [0.25, 0.3) is 5.65 Å². The maximum absolute atomic E-state index is 12.8. The van der Waals surface area contributed by atoms with Crippen LogP contribution in [0.2, 0.25) is 0 Å². The maximum atomic E-state index is 12.8. The molecule has 3 aromatic rings. The van der Waals surface area contributed by atoms with Gasteiger partial charge in [0.15, 0.2) is 16.6 Å². The number of thioether (sulfide) groups is 1. The molecule has 24 heavy (non-hydrogen) atoms. The lowest BCUT2D eigenvalue weighted by atomic mass is 10.3. The molecule has 3 heterocycles. The predicted molar refractivity (Wildman–Crippen MR) is 80.3 cm³/mol. The Labute approximate surface area is 139 Å². The number of tetrazole rings is 1. The van der Waals surface area contributed by atoms with Crippen LogP contribution in [0.3, 0.4) is 0 Å². The van der Waals surface area contributed by atoms with Crippen molar-refractivity contribution >= 4 is 17.4 Å². The van der Waals surface area contributed by atoms with E-state index < -0.39 is 11.7 Å². The molecule has 128 valence electrons. The zero-order valence-electron chi connectivity index (χ0n) is 12.7. The summed E-state index contributed by atoms with van der Waals surface area (Å²) in [6.45, 7) is 2.78. The van der Waals surface area contributed by atoms with Crippen molar-refractivity contribution in [3.8, 4) is 0 Å². The lowest BCUT2D eigenvalue weighted by molar-refractivity contribution is -0.137. The molecule has 0 unspecified atom stereocenters. The Balaban J connectivity index is 1.79. The van der Waals surface area contributed by atoms with Crippen molar-refractivity contribution in [2.45, 2.75) is 43.4 Å². The van der Waals surface area contributed by atoms with E-state index in [9.17, 15) is 13.2 Å². The van der Waals surface area contributed by atoms with Gasteiger partial charge in [0.25, 0.3) is 0 Å². The second kappa shape index (κ2) is 6.75. The summed E-state index contributed by atoms with van der Waals surface area (Å²) in [7, 11) is 0. The zero-order valence-corrected chi connectivity index (χ0v) is 13.5. The van der Waals surface area contributed by atoms with Gasteiger partial charge in [-0.15, -0.1) is 15.3 Å². The fourth-order valence-electron chi connectivity index (χ4n) is 2.07. The summed E-state index contributed by atoms with van der Waals surface area (Å²) < 4.78 is 41.6. The van der Waals surface area contributed by atoms with Crippen LogP contribution in [-0.2, 0) is 18.5 Å². The highest BCUT2D eigenvalue weighted by Crippen LogP contribution is 2.30. The minimum Gasteiger partial charge on any atom is -0.277 e. The van der Waals surface area contributed by atoms with Crippen LogP contribution in [-0.4, -0.2) is 34.8 Å². The van der Waals surface area contributed by atoms with E-state index >= 15 is 0 Å². The van der Waals surface area contributed by atoms with Gasteiger partial charge in [0.05, 0.1) is 11.3 Å². The van der Waals surface area contributed by atoms with Crippen LogP contribution in [0.15, 0.2) is 23.5 Å². The molecule has 0 N–H and O–H groups in total. The van der Waals surface area contributed by atoms with Crippen LogP contribution in [0.4, 0.5) is 13.2 Å². The standard InChI is InChI=1S/C13H14F3N7S/c1-2-3-6-23-11(18-20-21-23)8-24-12-19-17-10-5-4-9(7-22(10)12)13(14,15)16/h4-5,7H,2-3,6,8H2,1H3. The first-order valence-corrected chi connectivity index (χ1v) is 8.27. The Bertz CT molecular complexity index is 826.